The molecule has 2 aliphatic rings. The lowest BCUT2D eigenvalue weighted by atomic mass is 9.94. The minimum Gasteiger partial charge on any atom is -0.466 e. The Hall–Kier alpha value is -4.06. The number of fused-ring (bicyclic) bond motifs is 5. The third-order valence-electron chi connectivity index (χ3n) is 5.90. The molecule has 160 valence electrons. The predicted octanol–water partition coefficient (Wildman–Crippen LogP) is 4.74. The van der Waals surface area contributed by atoms with Crippen LogP contribution in [0.3, 0.4) is 0 Å². The van der Waals surface area contributed by atoms with Crippen molar-refractivity contribution in [1.29, 1.82) is 0 Å². The third-order valence-corrected chi connectivity index (χ3v) is 5.90. The van der Waals surface area contributed by atoms with Gasteiger partial charge in [0.15, 0.2) is 5.75 Å². The SMILES string of the molecule is COC(=O)C1=C(C(=O)OC)[C@H]2c3ccccc3Oc3ccccc3N2[C@H]1c1ccccc1. The number of para-hydroxylation sites is 3. The first-order chi connectivity index (χ1) is 15.7. The number of esters is 2. The Morgan fingerprint density at radius 2 is 1.28 bits per heavy atom. The van der Waals surface area contributed by atoms with Gasteiger partial charge in [-0.3, -0.25) is 0 Å². The fourth-order valence-electron chi connectivity index (χ4n) is 4.61. The van der Waals surface area contributed by atoms with Crippen molar-refractivity contribution in [2.45, 2.75) is 12.1 Å². The molecule has 0 unspecified atom stereocenters. The highest BCUT2D eigenvalue weighted by atomic mass is 16.5. The number of rotatable bonds is 3. The molecular formula is C26H21NO5. The Morgan fingerprint density at radius 1 is 0.719 bits per heavy atom. The second kappa shape index (κ2) is 7.89. The minimum absolute atomic E-state index is 0.251. The molecule has 2 heterocycles. The van der Waals surface area contributed by atoms with E-state index < -0.39 is 24.0 Å². The summed E-state index contributed by atoms with van der Waals surface area (Å²) in [7, 11) is 2.64. The zero-order valence-corrected chi connectivity index (χ0v) is 17.6. The maximum absolute atomic E-state index is 13.2. The Labute approximate surface area is 185 Å². The molecule has 3 aromatic carbocycles. The molecule has 0 saturated heterocycles. The summed E-state index contributed by atoms with van der Waals surface area (Å²) in [5, 5.41) is 0. The standard InChI is InChI=1S/C26H21NO5/c1-30-25(28)21-22(26(29)31-2)24-17-12-6-8-14-19(17)32-20-15-9-7-13-18(20)27(24)23(21)16-10-4-3-5-11-16/h3-15,23-24H,1-2H3/t23-,24+/m0/s1. The normalized spacial score (nSPS) is 18.6. The molecule has 0 aliphatic carbocycles. The van der Waals surface area contributed by atoms with Gasteiger partial charge in [-0.1, -0.05) is 60.7 Å². The molecule has 3 aromatic rings. The second-order valence-electron chi connectivity index (χ2n) is 7.54. The number of benzene rings is 3. The van der Waals surface area contributed by atoms with Crippen LogP contribution in [-0.4, -0.2) is 26.2 Å². The van der Waals surface area contributed by atoms with Crippen molar-refractivity contribution in [2.75, 3.05) is 19.1 Å². The smallest absolute Gasteiger partial charge is 0.336 e. The first-order valence-electron chi connectivity index (χ1n) is 10.3. The molecule has 0 spiro atoms. The molecule has 2 atom stereocenters. The summed E-state index contributed by atoms with van der Waals surface area (Å²) in [5.41, 5.74) is 2.90. The van der Waals surface area contributed by atoms with Crippen LogP contribution in [0.25, 0.3) is 0 Å². The number of carbonyl (C=O) groups excluding carboxylic acids is 2. The zero-order chi connectivity index (χ0) is 22.2. The zero-order valence-electron chi connectivity index (χ0n) is 17.6. The summed E-state index contributed by atoms with van der Waals surface area (Å²) in [6.45, 7) is 0. The quantitative estimate of drug-likeness (QED) is 0.563. The number of hydrogen-bond acceptors (Lipinski definition) is 6. The van der Waals surface area contributed by atoms with Crippen molar-refractivity contribution >= 4 is 17.6 Å². The third kappa shape index (κ3) is 2.95. The van der Waals surface area contributed by atoms with Gasteiger partial charge in [0.25, 0.3) is 0 Å². The fourth-order valence-corrected chi connectivity index (χ4v) is 4.61. The van der Waals surface area contributed by atoms with E-state index in [9.17, 15) is 9.59 Å². The highest BCUT2D eigenvalue weighted by Gasteiger charge is 2.50. The monoisotopic (exact) mass is 427 g/mol. The van der Waals surface area contributed by atoms with E-state index in [4.69, 9.17) is 14.2 Å². The molecule has 0 bridgehead atoms. The number of carbonyl (C=O) groups is 2. The average Bonchev–Trinajstić information content (AvgIpc) is 3.12. The summed E-state index contributed by atoms with van der Waals surface area (Å²) >= 11 is 0. The van der Waals surface area contributed by atoms with E-state index in [2.05, 4.69) is 4.90 Å². The highest BCUT2D eigenvalue weighted by Crippen LogP contribution is 2.56. The Kier molecular flexibility index (Phi) is 4.90. The van der Waals surface area contributed by atoms with Gasteiger partial charge in [0.1, 0.15) is 5.75 Å². The Morgan fingerprint density at radius 3 is 1.97 bits per heavy atom. The second-order valence-corrected chi connectivity index (χ2v) is 7.54. The highest BCUT2D eigenvalue weighted by molar-refractivity contribution is 6.05. The summed E-state index contributed by atoms with van der Waals surface area (Å²) in [6, 6.07) is 23.6. The van der Waals surface area contributed by atoms with Crippen molar-refractivity contribution in [2.24, 2.45) is 0 Å². The largest absolute Gasteiger partial charge is 0.466 e. The van der Waals surface area contributed by atoms with Crippen LogP contribution in [0.5, 0.6) is 11.5 Å². The molecule has 0 amide bonds. The Balaban J connectivity index is 1.88. The topological polar surface area (TPSA) is 65.1 Å². The minimum atomic E-state index is -0.596. The predicted molar refractivity (Wildman–Crippen MR) is 118 cm³/mol. The van der Waals surface area contributed by atoms with Gasteiger partial charge in [0.2, 0.25) is 0 Å². The van der Waals surface area contributed by atoms with Crippen molar-refractivity contribution in [3.8, 4) is 11.5 Å². The van der Waals surface area contributed by atoms with Gasteiger partial charge in [-0.25, -0.2) is 9.59 Å². The van der Waals surface area contributed by atoms with Gasteiger partial charge < -0.3 is 19.1 Å². The first-order valence-corrected chi connectivity index (χ1v) is 10.3. The maximum atomic E-state index is 13.2. The molecule has 2 aliphatic heterocycles. The van der Waals surface area contributed by atoms with Gasteiger partial charge in [0, 0.05) is 5.56 Å². The molecule has 0 N–H and O–H groups in total. The van der Waals surface area contributed by atoms with Crippen molar-refractivity contribution in [3.05, 3.63) is 101 Å². The average molecular weight is 427 g/mol. The fraction of sp³-hybridized carbons (Fsp3) is 0.154. The lowest BCUT2D eigenvalue weighted by Gasteiger charge is -2.33. The Bertz CT molecular complexity index is 1230. The van der Waals surface area contributed by atoms with E-state index >= 15 is 0 Å². The summed E-state index contributed by atoms with van der Waals surface area (Å²) in [6.07, 6.45) is 0. The van der Waals surface area contributed by atoms with Crippen LogP contribution in [0.15, 0.2) is 90.0 Å². The van der Waals surface area contributed by atoms with Crippen LogP contribution in [0.2, 0.25) is 0 Å². The molecular weight excluding hydrogens is 406 g/mol. The van der Waals surface area contributed by atoms with E-state index in [0.717, 1.165) is 16.8 Å². The summed E-state index contributed by atoms with van der Waals surface area (Å²) < 4.78 is 16.6. The first kappa shape index (κ1) is 19.9. The molecule has 5 rings (SSSR count). The van der Waals surface area contributed by atoms with Crippen molar-refractivity contribution in [3.63, 3.8) is 0 Å². The van der Waals surface area contributed by atoms with E-state index in [0.29, 0.717) is 11.5 Å². The van der Waals surface area contributed by atoms with E-state index in [1.165, 1.54) is 14.2 Å². The lowest BCUT2D eigenvalue weighted by molar-refractivity contribution is -0.139. The number of nitrogens with zero attached hydrogens (tertiary/aromatic N) is 1. The van der Waals surface area contributed by atoms with Crippen molar-refractivity contribution < 1.29 is 23.8 Å². The van der Waals surface area contributed by atoms with Crippen LogP contribution in [0, 0.1) is 0 Å². The summed E-state index contributed by atoms with van der Waals surface area (Å²) in [4.78, 5) is 28.3. The molecule has 0 fully saturated rings. The molecule has 6 heteroatoms. The van der Waals surface area contributed by atoms with Gasteiger partial charge in [-0.05, 0) is 23.8 Å². The van der Waals surface area contributed by atoms with Gasteiger partial charge in [-0.2, -0.15) is 0 Å². The van der Waals surface area contributed by atoms with Crippen LogP contribution in [0.1, 0.15) is 23.2 Å². The van der Waals surface area contributed by atoms with Crippen LogP contribution < -0.4 is 9.64 Å². The lowest BCUT2D eigenvalue weighted by Crippen LogP contribution is -2.30. The van der Waals surface area contributed by atoms with Gasteiger partial charge in [-0.15, -0.1) is 0 Å². The number of hydrogen-bond donors (Lipinski definition) is 0. The molecule has 0 saturated carbocycles. The molecule has 32 heavy (non-hydrogen) atoms. The van der Waals surface area contributed by atoms with Gasteiger partial charge in [0.05, 0.1) is 43.1 Å². The van der Waals surface area contributed by atoms with E-state index in [-0.39, 0.29) is 11.1 Å². The van der Waals surface area contributed by atoms with Crippen LogP contribution in [-0.2, 0) is 19.1 Å². The van der Waals surface area contributed by atoms with E-state index in [1.807, 2.05) is 78.9 Å². The maximum Gasteiger partial charge on any atom is 0.336 e. The van der Waals surface area contributed by atoms with Crippen molar-refractivity contribution in [1.82, 2.24) is 0 Å². The summed E-state index contributed by atoms with van der Waals surface area (Å²) in [5.74, 6) is 0.113. The van der Waals surface area contributed by atoms with Gasteiger partial charge >= 0.3 is 11.9 Å². The molecule has 0 aromatic heterocycles. The van der Waals surface area contributed by atoms with E-state index in [1.54, 1.807) is 0 Å². The number of methoxy groups -OCH3 is 2. The number of anilines is 1. The van der Waals surface area contributed by atoms with Crippen LogP contribution >= 0.6 is 0 Å². The molecule has 6 nitrogen and oxygen atoms in total. The molecule has 0 radical (unpaired) electrons. The van der Waals surface area contributed by atoms with Crippen LogP contribution in [0.4, 0.5) is 5.69 Å². The number of ether oxygens (including phenoxy) is 3.